The van der Waals surface area contributed by atoms with E-state index >= 15 is 0 Å². The van der Waals surface area contributed by atoms with Crippen LogP contribution in [0.4, 0.5) is 0 Å². The first kappa shape index (κ1) is 9.97. The zero-order valence-corrected chi connectivity index (χ0v) is 9.25. The van der Waals surface area contributed by atoms with Gasteiger partial charge in [0.2, 0.25) is 0 Å². The van der Waals surface area contributed by atoms with E-state index in [0.29, 0.717) is 0 Å². The second kappa shape index (κ2) is 4.31. The Kier molecular flexibility index (Phi) is 2.86. The number of rotatable bonds is 2. The van der Waals surface area contributed by atoms with Crippen LogP contribution in [0.1, 0.15) is 18.1 Å². The molecular weight excluding hydrogens is 180 g/mol. The van der Waals surface area contributed by atoms with E-state index in [1.807, 2.05) is 0 Å². The first-order chi connectivity index (χ1) is 7.31. The first-order valence-corrected chi connectivity index (χ1v) is 5.38. The van der Waals surface area contributed by atoms with E-state index in [2.05, 4.69) is 62.4 Å². The Bertz CT molecular complexity index is 438. The zero-order valence-electron chi connectivity index (χ0n) is 9.25. The van der Waals surface area contributed by atoms with Crippen molar-refractivity contribution in [2.24, 2.45) is 0 Å². The van der Waals surface area contributed by atoms with Crippen LogP contribution in [0.2, 0.25) is 0 Å². The van der Waals surface area contributed by atoms with Crippen LogP contribution in [0.5, 0.6) is 0 Å². The molecule has 0 aliphatic carbocycles. The van der Waals surface area contributed by atoms with E-state index in [9.17, 15) is 0 Å². The van der Waals surface area contributed by atoms with Crippen molar-refractivity contribution in [1.29, 1.82) is 0 Å². The molecule has 2 rings (SSSR count). The van der Waals surface area contributed by atoms with Crippen LogP contribution in [-0.2, 0) is 6.42 Å². The van der Waals surface area contributed by atoms with Gasteiger partial charge in [0.25, 0.3) is 0 Å². The van der Waals surface area contributed by atoms with Crippen molar-refractivity contribution in [3.8, 4) is 11.1 Å². The molecule has 15 heavy (non-hydrogen) atoms. The second-order valence-corrected chi connectivity index (χ2v) is 3.77. The fourth-order valence-electron chi connectivity index (χ4n) is 1.78. The molecule has 2 aromatic rings. The van der Waals surface area contributed by atoms with Crippen molar-refractivity contribution < 1.29 is 0 Å². The fraction of sp³-hybridized carbons (Fsp3) is 0.200. The van der Waals surface area contributed by atoms with E-state index in [1.54, 1.807) is 0 Å². The van der Waals surface area contributed by atoms with Crippen molar-refractivity contribution in [3.63, 3.8) is 0 Å². The highest BCUT2D eigenvalue weighted by Gasteiger charge is 2.01. The van der Waals surface area contributed by atoms with Crippen LogP contribution in [0.15, 0.2) is 42.5 Å². The average Bonchev–Trinajstić information content (AvgIpc) is 2.30. The summed E-state index contributed by atoms with van der Waals surface area (Å²) in [4.78, 5) is 0. The van der Waals surface area contributed by atoms with E-state index in [4.69, 9.17) is 0 Å². The van der Waals surface area contributed by atoms with E-state index in [-0.39, 0.29) is 0 Å². The summed E-state index contributed by atoms with van der Waals surface area (Å²) in [6.45, 7) is 4.26. The summed E-state index contributed by atoms with van der Waals surface area (Å²) >= 11 is 0. The summed E-state index contributed by atoms with van der Waals surface area (Å²) in [6.07, 6.45) is 1.07. The molecule has 0 fully saturated rings. The van der Waals surface area contributed by atoms with Crippen molar-refractivity contribution in [1.82, 2.24) is 0 Å². The number of benzene rings is 2. The highest BCUT2D eigenvalue weighted by Crippen LogP contribution is 2.23. The zero-order chi connectivity index (χ0) is 10.7. The molecule has 0 heterocycles. The van der Waals surface area contributed by atoms with Crippen molar-refractivity contribution in [2.45, 2.75) is 20.3 Å². The molecule has 0 saturated heterocycles. The lowest BCUT2D eigenvalue weighted by molar-refractivity contribution is 1.14. The molecule has 2 aromatic carbocycles. The van der Waals surface area contributed by atoms with Gasteiger partial charge in [-0.05, 0) is 47.7 Å². The smallest absolute Gasteiger partial charge is 0.0146 e. The lowest BCUT2D eigenvalue weighted by Crippen LogP contribution is -1.86. The molecule has 0 nitrogen and oxygen atoms in total. The van der Waals surface area contributed by atoms with Gasteiger partial charge in [0.15, 0.2) is 0 Å². The highest BCUT2D eigenvalue weighted by molar-refractivity contribution is 5.67. The Morgan fingerprint density at radius 3 is 2.53 bits per heavy atom. The summed E-state index contributed by atoms with van der Waals surface area (Å²) in [6, 6.07) is 18.2. The predicted molar refractivity (Wildman–Crippen MR) is 64.8 cm³/mol. The topological polar surface area (TPSA) is 0 Å². The van der Waals surface area contributed by atoms with Gasteiger partial charge in [-0.15, -0.1) is 0 Å². The minimum atomic E-state index is 1.07. The molecule has 0 amide bonds. The predicted octanol–water partition coefficient (Wildman–Crippen LogP) is 4.02. The number of hydrogen-bond donors (Lipinski definition) is 0. The molecule has 0 bridgehead atoms. The maximum absolute atomic E-state index is 3.25. The molecule has 0 heteroatoms. The van der Waals surface area contributed by atoms with Gasteiger partial charge >= 0.3 is 0 Å². The van der Waals surface area contributed by atoms with Gasteiger partial charge in [-0.3, -0.25) is 0 Å². The average molecular weight is 195 g/mol. The normalized spacial score (nSPS) is 10.3. The Morgan fingerprint density at radius 1 is 1.07 bits per heavy atom. The Labute approximate surface area is 91.6 Å². The Morgan fingerprint density at radius 2 is 1.87 bits per heavy atom. The van der Waals surface area contributed by atoms with Crippen molar-refractivity contribution >= 4 is 0 Å². The van der Waals surface area contributed by atoms with Gasteiger partial charge < -0.3 is 0 Å². The second-order valence-electron chi connectivity index (χ2n) is 3.77. The molecule has 1 radical (unpaired) electrons. The largest absolute Gasteiger partial charge is 0.0620 e. The lowest BCUT2D eigenvalue weighted by Gasteiger charge is -2.07. The minimum absolute atomic E-state index is 1.07. The summed E-state index contributed by atoms with van der Waals surface area (Å²) in [5.74, 6) is 0. The van der Waals surface area contributed by atoms with E-state index < -0.39 is 0 Å². The van der Waals surface area contributed by atoms with Crippen LogP contribution < -0.4 is 0 Å². The van der Waals surface area contributed by atoms with Crippen LogP contribution in [0.25, 0.3) is 11.1 Å². The van der Waals surface area contributed by atoms with Gasteiger partial charge in [-0.2, -0.15) is 0 Å². The van der Waals surface area contributed by atoms with Gasteiger partial charge in [-0.1, -0.05) is 43.3 Å². The summed E-state index contributed by atoms with van der Waals surface area (Å²) in [5, 5.41) is 0. The van der Waals surface area contributed by atoms with Crippen LogP contribution >= 0.6 is 0 Å². The van der Waals surface area contributed by atoms with Crippen LogP contribution in [0, 0.1) is 13.0 Å². The molecule has 0 unspecified atom stereocenters. The van der Waals surface area contributed by atoms with Gasteiger partial charge in [-0.25, -0.2) is 0 Å². The monoisotopic (exact) mass is 195 g/mol. The van der Waals surface area contributed by atoms with Crippen molar-refractivity contribution in [3.05, 3.63) is 59.7 Å². The minimum Gasteiger partial charge on any atom is -0.0620 e. The number of aryl methyl sites for hydroxylation is 2. The maximum Gasteiger partial charge on any atom is -0.0146 e. The first-order valence-electron chi connectivity index (χ1n) is 5.38. The molecular formula is C15H15. The SMILES string of the molecule is CCc1ccccc1-c1c[c]c(C)cc1. The van der Waals surface area contributed by atoms with Crippen LogP contribution in [0.3, 0.4) is 0 Å². The van der Waals surface area contributed by atoms with E-state index in [0.717, 1.165) is 6.42 Å². The third-order valence-electron chi connectivity index (χ3n) is 2.68. The summed E-state index contributed by atoms with van der Waals surface area (Å²) < 4.78 is 0. The number of hydrogen-bond acceptors (Lipinski definition) is 0. The summed E-state index contributed by atoms with van der Waals surface area (Å²) in [7, 11) is 0. The highest BCUT2D eigenvalue weighted by atomic mass is 14.1. The van der Waals surface area contributed by atoms with Crippen LogP contribution in [-0.4, -0.2) is 0 Å². The molecule has 0 aromatic heterocycles. The quantitative estimate of drug-likeness (QED) is 0.678. The van der Waals surface area contributed by atoms with Gasteiger partial charge in [0, 0.05) is 0 Å². The standard InChI is InChI=1S/C15H15/c1-3-13-6-4-5-7-15(13)14-10-8-12(2)9-11-14/h4-8,10-11H,3H2,1-2H3. The summed E-state index contributed by atoms with van der Waals surface area (Å²) in [5.41, 5.74) is 5.18. The third-order valence-corrected chi connectivity index (χ3v) is 2.68. The molecule has 0 saturated carbocycles. The Balaban J connectivity index is 2.49. The van der Waals surface area contributed by atoms with E-state index in [1.165, 1.54) is 22.3 Å². The molecule has 0 atom stereocenters. The van der Waals surface area contributed by atoms with Crippen molar-refractivity contribution in [2.75, 3.05) is 0 Å². The third kappa shape index (κ3) is 2.10. The molecule has 75 valence electrons. The fourth-order valence-corrected chi connectivity index (χ4v) is 1.78. The molecule has 0 spiro atoms. The maximum atomic E-state index is 3.25. The Hall–Kier alpha value is -1.56. The molecule has 0 aliphatic heterocycles. The van der Waals surface area contributed by atoms with Gasteiger partial charge in [0.1, 0.15) is 0 Å². The van der Waals surface area contributed by atoms with Gasteiger partial charge in [0.05, 0.1) is 0 Å². The molecule has 0 N–H and O–H groups in total. The molecule has 0 aliphatic rings. The lowest BCUT2D eigenvalue weighted by atomic mass is 9.97.